The van der Waals surface area contributed by atoms with Crippen molar-refractivity contribution in [2.24, 2.45) is 4.99 Å². The van der Waals surface area contributed by atoms with Crippen molar-refractivity contribution in [3.8, 4) is 0 Å². The smallest absolute Gasteiger partial charge is 0.191 e. The number of thiophene rings is 1. The van der Waals surface area contributed by atoms with Crippen molar-refractivity contribution in [3.63, 3.8) is 0 Å². The molecule has 0 saturated heterocycles. The van der Waals surface area contributed by atoms with E-state index in [-0.39, 0.29) is 0 Å². The summed E-state index contributed by atoms with van der Waals surface area (Å²) in [5.41, 5.74) is 2.64. The molecule has 0 fully saturated rings. The van der Waals surface area contributed by atoms with E-state index in [1.54, 1.807) is 11.3 Å². The highest BCUT2D eigenvalue weighted by atomic mass is 32.1. The summed E-state index contributed by atoms with van der Waals surface area (Å²) in [5, 5.41) is 11.0. The van der Waals surface area contributed by atoms with Gasteiger partial charge in [-0.3, -0.25) is 4.99 Å². The number of hydrogen-bond acceptors (Lipinski definition) is 3. The summed E-state index contributed by atoms with van der Waals surface area (Å²) in [5.74, 6) is 0.844. The highest BCUT2D eigenvalue weighted by Gasteiger charge is 2.13. The fourth-order valence-corrected chi connectivity index (χ4v) is 3.01. The Hall–Kier alpha value is -1.85. The lowest BCUT2D eigenvalue weighted by molar-refractivity contribution is 0.290. The lowest BCUT2D eigenvalue weighted by Crippen LogP contribution is -2.45. The van der Waals surface area contributed by atoms with Crippen molar-refractivity contribution in [1.29, 1.82) is 0 Å². The second kappa shape index (κ2) is 9.33. The molecule has 0 aliphatic heterocycles. The normalized spacial score (nSPS) is 13.1. The quantitative estimate of drug-likeness (QED) is 0.605. The molecule has 0 radical (unpaired) electrons. The first-order valence-corrected chi connectivity index (χ1v) is 8.79. The number of hydrogen-bond donors (Lipinski definition) is 2. The van der Waals surface area contributed by atoms with Gasteiger partial charge in [0.25, 0.3) is 0 Å². The monoisotopic (exact) mass is 330 g/mol. The van der Waals surface area contributed by atoms with Crippen molar-refractivity contribution in [2.45, 2.75) is 19.0 Å². The molecule has 2 aromatic rings. The van der Waals surface area contributed by atoms with Crippen LogP contribution in [0.25, 0.3) is 0 Å². The van der Waals surface area contributed by atoms with Gasteiger partial charge in [-0.2, -0.15) is 11.3 Å². The van der Waals surface area contributed by atoms with E-state index in [4.69, 9.17) is 0 Å². The van der Waals surface area contributed by atoms with Gasteiger partial charge in [-0.1, -0.05) is 30.3 Å². The summed E-state index contributed by atoms with van der Waals surface area (Å²) in [7, 11) is 6.05. The molecule has 1 unspecified atom stereocenters. The maximum Gasteiger partial charge on any atom is 0.191 e. The summed E-state index contributed by atoms with van der Waals surface area (Å²) in [6.07, 6.45) is 1.02. The van der Waals surface area contributed by atoms with Crippen molar-refractivity contribution in [1.82, 2.24) is 15.5 Å². The fraction of sp³-hybridized carbons (Fsp3) is 0.389. The third-order valence-electron chi connectivity index (χ3n) is 3.81. The molecule has 124 valence electrons. The van der Waals surface area contributed by atoms with Crippen LogP contribution in [0.3, 0.4) is 0 Å². The maximum absolute atomic E-state index is 4.31. The predicted octanol–water partition coefficient (Wildman–Crippen LogP) is 2.59. The Bertz CT molecular complexity index is 578. The molecule has 23 heavy (non-hydrogen) atoms. The van der Waals surface area contributed by atoms with Crippen LogP contribution in [0.4, 0.5) is 0 Å². The third-order valence-corrected chi connectivity index (χ3v) is 4.55. The summed E-state index contributed by atoms with van der Waals surface area (Å²) < 4.78 is 0. The number of nitrogens with one attached hydrogen (secondary N) is 2. The second-order valence-electron chi connectivity index (χ2n) is 5.75. The highest BCUT2D eigenvalue weighted by Crippen LogP contribution is 2.07. The summed E-state index contributed by atoms with van der Waals surface area (Å²) in [4.78, 5) is 6.56. The van der Waals surface area contributed by atoms with Crippen LogP contribution in [-0.4, -0.2) is 44.6 Å². The van der Waals surface area contributed by atoms with Crippen LogP contribution in [0, 0.1) is 0 Å². The predicted molar refractivity (Wildman–Crippen MR) is 100 cm³/mol. The first kappa shape index (κ1) is 17.5. The van der Waals surface area contributed by atoms with Gasteiger partial charge in [0.15, 0.2) is 5.96 Å². The zero-order chi connectivity index (χ0) is 16.5. The maximum atomic E-state index is 4.31. The number of rotatable bonds is 7. The SMILES string of the molecule is CN=C(NCc1ccsc1)NCC(Cc1ccccc1)N(C)C. The number of nitrogens with zero attached hydrogens (tertiary/aromatic N) is 2. The van der Waals surface area contributed by atoms with E-state index in [9.17, 15) is 0 Å². The van der Waals surface area contributed by atoms with Crippen LogP contribution in [0.5, 0.6) is 0 Å². The molecule has 5 heteroatoms. The molecule has 0 aliphatic carbocycles. The Balaban J connectivity index is 1.84. The number of guanidine groups is 1. The lowest BCUT2D eigenvalue weighted by atomic mass is 10.1. The third kappa shape index (κ3) is 6.04. The van der Waals surface area contributed by atoms with Crippen molar-refractivity contribution in [2.75, 3.05) is 27.7 Å². The Morgan fingerprint density at radius 2 is 1.91 bits per heavy atom. The van der Waals surface area contributed by atoms with Gasteiger partial charge in [0.1, 0.15) is 0 Å². The van der Waals surface area contributed by atoms with E-state index in [1.165, 1.54) is 11.1 Å². The van der Waals surface area contributed by atoms with Gasteiger partial charge >= 0.3 is 0 Å². The average molecular weight is 331 g/mol. The van der Waals surface area contributed by atoms with E-state index >= 15 is 0 Å². The molecule has 4 nitrogen and oxygen atoms in total. The molecule has 0 saturated carbocycles. The van der Waals surface area contributed by atoms with E-state index in [0.29, 0.717) is 6.04 Å². The molecule has 1 heterocycles. The molecule has 0 amide bonds. The zero-order valence-electron chi connectivity index (χ0n) is 14.1. The van der Waals surface area contributed by atoms with Gasteiger partial charge in [-0.05, 0) is 48.5 Å². The Labute approximate surface area is 143 Å². The van der Waals surface area contributed by atoms with Gasteiger partial charge in [0.2, 0.25) is 0 Å². The molecule has 1 aromatic heterocycles. The minimum atomic E-state index is 0.414. The number of likely N-dealkylation sites (N-methyl/N-ethyl adjacent to an activating group) is 1. The van der Waals surface area contributed by atoms with Gasteiger partial charge in [0.05, 0.1) is 0 Å². The second-order valence-corrected chi connectivity index (χ2v) is 6.53. The molecule has 0 spiro atoms. The largest absolute Gasteiger partial charge is 0.355 e. The molecular weight excluding hydrogens is 304 g/mol. The van der Waals surface area contributed by atoms with Crippen LogP contribution in [0.1, 0.15) is 11.1 Å². The first-order valence-electron chi connectivity index (χ1n) is 7.85. The van der Waals surface area contributed by atoms with Crippen LogP contribution in [-0.2, 0) is 13.0 Å². The molecule has 0 bridgehead atoms. The molecule has 2 N–H and O–H groups in total. The number of benzene rings is 1. The van der Waals surface area contributed by atoms with Gasteiger partial charge in [-0.25, -0.2) is 0 Å². The highest BCUT2D eigenvalue weighted by molar-refractivity contribution is 7.07. The molecule has 0 aliphatic rings. The van der Waals surface area contributed by atoms with Crippen molar-refractivity contribution in [3.05, 3.63) is 58.3 Å². The van der Waals surface area contributed by atoms with Gasteiger partial charge in [0, 0.05) is 26.2 Å². The average Bonchev–Trinajstić information content (AvgIpc) is 3.08. The summed E-state index contributed by atoms with van der Waals surface area (Å²) >= 11 is 1.72. The fourth-order valence-electron chi connectivity index (χ4n) is 2.34. The van der Waals surface area contributed by atoms with Gasteiger partial charge < -0.3 is 15.5 Å². The van der Waals surface area contributed by atoms with Gasteiger partial charge in [-0.15, -0.1) is 0 Å². The Morgan fingerprint density at radius 1 is 1.13 bits per heavy atom. The summed E-state index contributed by atoms with van der Waals surface area (Å²) in [6.45, 7) is 1.65. The summed E-state index contributed by atoms with van der Waals surface area (Å²) in [6, 6.07) is 13.1. The van der Waals surface area contributed by atoms with Crippen LogP contribution in [0.2, 0.25) is 0 Å². The first-order chi connectivity index (χ1) is 11.2. The minimum absolute atomic E-state index is 0.414. The topological polar surface area (TPSA) is 39.7 Å². The lowest BCUT2D eigenvalue weighted by Gasteiger charge is -2.25. The molecule has 1 atom stereocenters. The standard InChI is InChI=1S/C18H26N4S/c1-19-18(20-12-16-9-10-23-14-16)21-13-17(22(2)3)11-15-7-5-4-6-8-15/h4-10,14,17H,11-13H2,1-3H3,(H2,19,20,21). The zero-order valence-corrected chi connectivity index (χ0v) is 14.9. The van der Waals surface area contributed by atoms with Crippen LogP contribution < -0.4 is 10.6 Å². The Morgan fingerprint density at radius 3 is 2.52 bits per heavy atom. The van der Waals surface area contributed by atoms with Crippen LogP contribution >= 0.6 is 11.3 Å². The van der Waals surface area contributed by atoms with E-state index in [1.807, 2.05) is 7.05 Å². The molecular formula is C18H26N4S. The molecule has 2 rings (SSSR count). The van der Waals surface area contributed by atoms with E-state index in [0.717, 1.165) is 25.5 Å². The van der Waals surface area contributed by atoms with Crippen molar-refractivity contribution < 1.29 is 0 Å². The minimum Gasteiger partial charge on any atom is -0.355 e. The number of aliphatic imine (C=N–C) groups is 1. The van der Waals surface area contributed by atoms with Crippen molar-refractivity contribution >= 4 is 17.3 Å². The van der Waals surface area contributed by atoms with E-state index < -0.39 is 0 Å². The van der Waals surface area contributed by atoms with Crippen LogP contribution in [0.15, 0.2) is 52.2 Å². The molecule has 1 aromatic carbocycles. The Kier molecular flexibility index (Phi) is 7.10. The van der Waals surface area contributed by atoms with E-state index in [2.05, 4.69) is 81.8 Å².